The van der Waals surface area contributed by atoms with Crippen LogP contribution in [0.1, 0.15) is 38.2 Å². The summed E-state index contributed by atoms with van der Waals surface area (Å²) >= 11 is 5.86. The Labute approximate surface area is 129 Å². The van der Waals surface area contributed by atoms with E-state index in [2.05, 4.69) is 4.72 Å². The lowest BCUT2D eigenvalue weighted by molar-refractivity contribution is 0.310. The number of nitrogens with one attached hydrogen (secondary N) is 1. The zero-order chi connectivity index (χ0) is 15.6. The molecule has 2 unspecified atom stereocenters. The standard InChI is InChI=1S/C14H20ClFN2O2S/c1-9-4-2-3-5-12(9)18-21(19,20)13-7-11(15)6-10(8-17)14(13)16/h6-7,9,12,18H,2-5,8,17H2,1H3. The fraction of sp³-hybridized carbons (Fsp3) is 0.571. The lowest BCUT2D eigenvalue weighted by Gasteiger charge is -2.29. The number of sulfonamides is 1. The zero-order valence-corrected chi connectivity index (χ0v) is 13.5. The van der Waals surface area contributed by atoms with Crippen LogP contribution in [0.25, 0.3) is 0 Å². The number of rotatable bonds is 4. The average Bonchev–Trinajstić information content (AvgIpc) is 2.43. The Bertz CT molecular complexity index is 622. The van der Waals surface area contributed by atoms with Gasteiger partial charge in [-0.05, 0) is 30.9 Å². The van der Waals surface area contributed by atoms with Crippen LogP contribution in [0.3, 0.4) is 0 Å². The van der Waals surface area contributed by atoms with Gasteiger partial charge < -0.3 is 5.73 Å². The van der Waals surface area contributed by atoms with Crippen molar-refractivity contribution in [2.45, 2.75) is 50.1 Å². The Morgan fingerprint density at radius 1 is 1.38 bits per heavy atom. The minimum atomic E-state index is -3.94. The highest BCUT2D eigenvalue weighted by Gasteiger charge is 2.29. The third kappa shape index (κ3) is 3.74. The first-order valence-electron chi connectivity index (χ1n) is 7.05. The van der Waals surface area contributed by atoms with E-state index in [0.29, 0.717) is 0 Å². The van der Waals surface area contributed by atoms with Gasteiger partial charge in [0.15, 0.2) is 0 Å². The Hall–Kier alpha value is -0.690. The molecule has 0 spiro atoms. The van der Waals surface area contributed by atoms with Gasteiger partial charge in [0, 0.05) is 23.2 Å². The van der Waals surface area contributed by atoms with E-state index < -0.39 is 20.7 Å². The molecule has 7 heteroatoms. The first-order valence-corrected chi connectivity index (χ1v) is 8.91. The second-order valence-electron chi connectivity index (χ2n) is 5.57. The van der Waals surface area contributed by atoms with Crippen LogP contribution < -0.4 is 10.5 Å². The summed E-state index contributed by atoms with van der Waals surface area (Å²) in [6, 6.07) is 2.31. The molecule has 2 atom stereocenters. The summed E-state index contributed by atoms with van der Waals surface area (Å²) < 4.78 is 41.7. The average molecular weight is 335 g/mol. The quantitative estimate of drug-likeness (QED) is 0.889. The molecule has 0 aromatic heterocycles. The van der Waals surface area contributed by atoms with Gasteiger partial charge in [0.1, 0.15) is 10.7 Å². The zero-order valence-electron chi connectivity index (χ0n) is 11.9. The van der Waals surface area contributed by atoms with E-state index in [0.717, 1.165) is 31.7 Å². The van der Waals surface area contributed by atoms with Crippen LogP contribution in [0.5, 0.6) is 0 Å². The number of halogens is 2. The summed E-state index contributed by atoms with van der Waals surface area (Å²) in [5, 5.41) is 0.161. The van der Waals surface area contributed by atoms with Crippen molar-refractivity contribution < 1.29 is 12.8 Å². The molecule has 1 aromatic carbocycles. The maximum absolute atomic E-state index is 14.2. The molecule has 3 N–H and O–H groups in total. The molecule has 4 nitrogen and oxygen atoms in total. The van der Waals surface area contributed by atoms with Crippen molar-refractivity contribution in [2.24, 2.45) is 11.7 Å². The van der Waals surface area contributed by atoms with Gasteiger partial charge in [-0.3, -0.25) is 0 Å². The Kier molecular flexibility index (Phi) is 5.24. The van der Waals surface area contributed by atoms with Crippen LogP contribution >= 0.6 is 11.6 Å². The molecule has 1 saturated carbocycles. The molecule has 1 aliphatic rings. The highest BCUT2D eigenvalue weighted by atomic mass is 35.5. The first-order chi connectivity index (χ1) is 9.85. The second-order valence-corrected chi connectivity index (χ2v) is 7.69. The molecule has 1 aromatic rings. The maximum Gasteiger partial charge on any atom is 0.243 e. The summed E-state index contributed by atoms with van der Waals surface area (Å²) in [6.45, 7) is 1.90. The van der Waals surface area contributed by atoms with Gasteiger partial charge in [-0.2, -0.15) is 0 Å². The molecule has 0 bridgehead atoms. The summed E-state index contributed by atoms with van der Waals surface area (Å²) in [5.41, 5.74) is 5.52. The van der Waals surface area contributed by atoms with Crippen molar-refractivity contribution >= 4 is 21.6 Å². The van der Waals surface area contributed by atoms with E-state index in [4.69, 9.17) is 17.3 Å². The molecular weight excluding hydrogens is 315 g/mol. The van der Waals surface area contributed by atoms with Gasteiger partial charge in [-0.25, -0.2) is 17.5 Å². The van der Waals surface area contributed by atoms with E-state index in [9.17, 15) is 12.8 Å². The van der Waals surface area contributed by atoms with E-state index in [1.807, 2.05) is 6.92 Å². The summed E-state index contributed by atoms with van der Waals surface area (Å²) in [5.74, 6) is -0.581. The fourth-order valence-corrected chi connectivity index (χ4v) is 4.55. The first kappa shape index (κ1) is 16.7. The summed E-state index contributed by atoms with van der Waals surface area (Å²) in [7, 11) is -3.94. The maximum atomic E-state index is 14.2. The van der Waals surface area contributed by atoms with Crippen LogP contribution in [0.2, 0.25) is 5.02 Å². The van der Waals surface area contributed by atoms with Gasteiger partial charge in [0.2, 0.25) is 10.0 Å². The fourth-order valence-electron chi connectivity index (χ4n) is 2.72. The predicted molar refractivity (Wildman–Crippen MR) is 81.0 cm³/mol. The Morgan fingerprint density at radius 2 is 2.05 bits per heavy atom. The highest BCUT2D eigenvalue weighted by molar-refractivity contribution is 7.89. The van der Waals surface area contributed by atoms with Crippen LogP contribution in [0.4, 0.5) is 4.39 Å². The molecule has 1 aliphatic carbocycles. The molecule has 118 valence electrons. The van der Waals surface area contributed by atoms with Gasteiger partial charge >= 0.3 is 0 Å². The SMILES string of the molecule is CC1CCCCC1NS(=O)(=O)c1cc(Cl)cc(CN)c1F. The highest BCUT2D eigenvalue weighted by Crippen LogP contribution is 2.28. The van der Waals surface area contributed by atoms with Gasteiger partial charge in [0.05, 0.1) is 0 Å². The summed E-state index contributed by atoms with van der Waals surface area (Å²) in [6.07, 6.45) is 3.82. The molecule has 0 radical (unpaired) electrons. The molecule has 0 saturated heterocycles. The monoisotopic (exact) mass is 334 g/mol. The molecule has 2 rings (SSSR count). The van der Waals surface area contributed by atoms with Gasteiger partial charge in [-0.1, -0.05) is 31.4 Å². The predicted octanol–water partition coefficient (Wildman–Crippen LogP) is 2.79. The van der Waals surface area contributed by atoms with E-state index in [1.54, 1.807) is 0 Å². The normalized spacial score (nSPS) is 23.2. The van der Waals surface area contributed by atoms with E-state index in [1.165, 1.54) is 6.07 Å². The van der Waals surface area contributed by atoms with Crippen molar-refractivity contribution in [3.05, 3.63) is 28.5 Å². The molecule has 21 heavy (non-hydrogen) atoms. The molecule has 0 aliphatic heterocycles. The Balaban J connectivity index is 2.33. The van der Waals surface area contributed by atoms with Crippen LogP contribution in [-0.4, -0.2) is 14.5 Å². The molecular formula is C14H20ClFN2O2S. The molecule has 1 fully saturated rings. The van der Waals surface area contributed by atoms with Gasteiger partial charge in [-0.15, -0.1) is 0 Å². The third-order valence-electron chi connectivity index (χ3n) is 4.01. The van der Waals surface area contributed by atoms with E-state index >= 15 is 0 Å². The smallest absolute Gasteiger partial charge is 0.243 e. The van der Waals surface area contributed by atoms with Gasteiger partial charge in [0.25, 0.3) is 0 Å². The van der Waals surface area contributed by atoms with E-state index in [-0.39, 0.29) is 29.1 Å². The number of benzene rings is 1. The van der Waals surface area contributed by atoms with Crippen molar-refractivity contribution in [3.63, 3.8) is 0 Å². The minimum Gasteiger partial charge on any atom is -0.326 e. The topological polar surface area (TPSA) is 72.2 Å². The van der Waals surface area contributed by atoms with Crippen LogP contribution in [0, 0.1) is 11.7 Å². The number of nitrogens with two attached hydrogens (primary N) is 1. The lowest BCUT2D eigenvalue weighted by atomic mass is 9.87. The van der Waals surface area contributed by atoms with Crippen LogP contribution in [0.15, 0.2) is 17.0 Å². The van der Waals surface area contributed by atoms with Crippen molar-refractivity contribution in [1.82, 2.24) is 4.72 Å². The lowest BCUT2D eigenvalue weighted by Crippen LogP contribution is -2.41. The van der Waals surface area contributed by atoms with Crippen molar-refractivity contribution in [2.75, 3.05) is 0 Å². The molecule has 0 amide bonds. The number of hydrogen-bond donors (Lipinski definition) is 2. The molecule has 0 heterocycles. The minimum absolute atomic E-state index is 0.0968. The number of hydrogen-bond acceptors (Lipinski definition) is 3. The van der Waals surface area contributed by atoms with Crippen molar-refractivity contribution in [1.29, 1.82) is 0 Å². The summed E-state index contributed by atoms with van der Waals surface area (Å²) in [4.78, 5) is -0.423. The third-order valence-corrected chi connectivity index (χ3v) is 5.71. The Morgan fingerprint density at radius 3 is 2.67 bits per heavy atom. The van der Waals surface area contributed by atoms with Crippen LogP contribution in [-0.2, 0) is 16.6 Å². The second kappa shape index (κ2) is 6.60. The largest absolute Gasteiger partial charge is 0.326 e. The van der Waals surface area contributed by atoms with Crippen molar-refractivity contribution in [3.8, 4) is 0 Å².